The van der Waals surface area contributed by atoms with Gasteiger partial charge in [0.05, 0.1) is 13.0 Å². The summed E-state index contributed by atoms with van der Waals surface area (Å²) in [5.74, 6) is -0.490. The second kappa shape index (κ2) is 5.22. The Morgan fingerprint density at radius 3 is 2.32 bits per heavy atom. The van der Waals surface area contributed by atoms with Crippen LogP contribution >= 0.6 is 0 Å². The third-order valence-electron chi connectivity index (χ3n) is 3.33. The Morgan fingerprint density at radius 1 is 1.05 bits per heavy atom. The summed E-state index contributed by atoms with van der Waals surface area (Å²) in [4.78, 5) is 22.9. The molecule has 3 heteroatoms. The monoisotopic (exact) mass is 256 g/mol. The van der Waals surface area contributed by atoms with E-state index in [-0.39, 0.29) is 17.7 Å². The van der Waals surface area contributed by atoms with E-state index in [4.69, 9.17) is 4.74 Å². The lowest BCUT2D eigenvalue weighted by Gasteiger charge is -2.10. The number of benzene rings is 2. The highest BCUT2D eigenvalue weighted by Gasteiger charge is 2.15. The van der Waals surface area contributed by atoms with Gasteiger partial charge in [-0.05, 0) is 36.2 Å². The van der Waals surface area contributed by atoms with Gasteiger partial charge in [0.25, 0.3) is 0 Å². The minimum Gasteiger partial charge on any atom is -0.469 e. The van der Waals surface area contributed by atoms with Crippen LogP contribution < -0.4 is 0 Å². The summed E-state index contributed by atoms with van der Waals surface area (Å²) in [6, 6.07) is 11.4. The molecule has 0 aliphatic rings. The standard InChI is InChI=1S/C16H16O3/c1-10(16(18)19-3)12-4-6-15-9-13(11(2)17)5-7-14(15)8-12/h4-10H,1-3H3. The van der Waals surface area contributed by atoms with E-state index in [1.165, 1.54) is 7.11 Å². The number of fused-ring (bicyclic) bond motifs is 1. The third kappa shape index (κ3) is 2.65. The normalized spacial score (nSPS) is 12.2. The Bertz CT molecular complexity index is 643. The predicted molar refractivity (Wildman–Crippen MR) is 74.4 cm³/mol. The second-order valence-corrected chi connectivity index (χ2v) is 4.62. The van der Waals surface area contributed by atoms with Gasteiger partial charge < -0.3 is 4.74 Å². The number of rotatable bonds is 3. The maximum absolute atomic E-state index is 11.5. The molecule has 0 aliphatic heterocycles. The van der Waals surface area contributed by atoms with Crippen LogP contribution in [0.15, 0.2) is 36.4 Å². The summed E-state index contributed by atoms with van der Waals surface area (Å²) < 4.78 is 4.75. The van der Waals surface area contributed by atoms with Crippen molar-refractivity contribution >= 4 is 22.5 Å². The number of carbonyl (C=O) groups is 2. The van der Waals surface area contributed by atoms with Crippen LogP contribution in [0.2, 0.25) is 0 Å². The fourth-order valence-electron chi connectivity index (χ4n) is 2.07. The zero-order chi connectivity index (χ0) is 14.0. The van der Waals surface area contributed by atoms with Crippen LogP contribution in [0, 0.1) is 0 Å². The molecule has 0 amide bonds. The lowest BCUT2D eigenvalue weighted by molar-refractivity contribution is -0.141. The minimum absolute atomic E-state index is 0.0499. The van der Waals surface area contributed by atoms with Gasteiger partial charge in [0.2, 0.25) is 0 Å². The number of hydrogen-bond donors (Lipinski definition) is 0. The van der Waals surface area contributed by atoms with Gasteiger partial charge >= 0.3 is 5.97 Å². The van der Waals surface area contributed by atoms with Gasteiger partial charge in [0, 0.05) is 5.56 Å². The van der Waals surface area contributed by atoms with Crippen LogP contribution in [0.25, 0.3) is 10.8 Å². The number of Topliss-reactive ketones (excluding diaryl/α,β-unsaturated/α-hetero) is 1. The molecule has 2 aromatic rings. The van der Waals surface area contributed by atoms with Crippen LogP contribution in [0.4, 0.5) is 0 Å². The van der Waals surface area contributed by atoms with Crippen LogP contribution in [-0.4, -0.2) is 18.9 Å². The molecule has 0 aromatic heterocycles. The number of hydrogen-bond acceptors (Lipinski definition) is 3. The maximum atomic E-state index is 11.5. The van der Waals surface area contributed by atoms with Crippen LogP contribution in [0.1, 0.15) is 35.7 Å². The molecule has 2 aromatic carbocycles. The van der Waals surface area contributed by atoms with Gasteiger partial charge in [-0.15, -0.1) is 0 Å². The molecule has 0 radical (unpaired) electrons. The van der Waals surface area contributed by atoms with Crippen molar-refractivity contribution in [3.05, 3.63) is 47.5 Å². The molecule has 3 nitrogen and oxygen atoms in total. The maximum Gasteiger partial charge on any atom is 0.312 e. The highest BCUT2D eigenvalue weighted by atomic mass is 16.5. The Morgan fingerprint density at radius 2 is 1.68 bits per heavy atom. The molecule has 0 saturated heterocycles. The fraction of sp³-hybridized carbons (Fsp3) is 0.250. The van der Waals surface area contributed by atoms with Crippen molar-refractivity contribution in [2.75, 3.05) is 7.11 Å². The van der Waals surface area contributed by atoms with E-state index >= 15 is 0 Å². The predicted octanol–water partition coefficient (Wildman–Crippen LogP) is 3.32. The van der Waals surface area contributed by atoms with Crippen molar-refractivity contribution < 1.29 is 14.3 Å². The molecule has 0 aliphatic carbocycles. The van der Waals surface area contributed by atoms with E-state index in [1.807, 2.05) is 37.3 Å². The van der Waals surface area contributed by atoms with E-state index in [0.29, 0.717) is 5.56 Å². The van der Waals surface area contributed by atoms with E-state index in [2.05, 4.69) is 0 Å². The molecule has 98 valence electrons. The Balaban J connectivity index is 2.44. The van der Waals surface area contributed by atoms with E-state index < -0.39 is 0 Å². The fourth-order valence-corrected chi connectivity index (χ4v) is 2.07. The molecular weight excluding hydrogens is 240 g/mol. The first-order chi connectivity index (χ1) is 9.02. The minimum atomic E-state index is -0.290. The average Bonchev–Trinajstić information content (AvgIpc) is 2.44. The van der Waals surface area contributed by atoms with Crippen LogP contribution in [-0.2, 0) is 9.53 Å². The van der Waals surface area contributed by atoms with Crippen molar-refractivity contribution in [3.63, 3.8) is 0 Å². The number of esters is 1. The van der Waals surface area contributed by atoms with Gasteiger partial charge in [0.15, 0.2) is 5.78 Å². The highest BCUT2D eigenvalue weighted by molar-refractivity contribution is 5.98. The lowest BCUT2D eigenvalue weighted by atomic mass is 9.96. The molecular formula is C16H16O3. The number of ketones is 1. The van der Waals surface area contributed by atoms with Crippen molar-refractivity contribution in [2.45, 2.75) is 19.8 Å². The molecule has 0 bridgehead atoms. The van der Waals surface area contributed by atoms with Crippen molar-refractivity contribution in [1.82, 2.24) is 0 Å². The summed E-state index contributed by atoms with van der Waals surface area (Å²) in [6.45, 7) is 3.37. The first-order valence-electron chi connectivity index (χ1n) is 6.15. The number of methoxy groups -OCH3 is 1. The summed E-state index contributed by atoms with van der Waals surface area (Å²) in [5.41, 5.74) is 1.61. The van der Waals surface area contributed by atoms with E-state index in [1.54, 1.807) is 13.0 Å². The Kier molecular flexibility index (Phi) is 3.65. The quantitative estimate of drug-likeness (QED) is 0.625. The number of carbonyl (C=O) groups excluding carboxylic acids is 2. The molecule has 0 heterocycles. The smallest absolute Gasteiger partial charge is 0.312 e. The Hall–Kier alpha value is -2.16. The molecule has 19 heavy (non-hydrogen) atoms. The van der Waals surface area contributed by atoms with Crippen molar-refractivity contribution in [3.8, 4) is 0 Å². The Labute approximate surface area is 112 Å². The van der Waals surface area contributed by atoms with Gasteiger partial charge in [-0.25, -0.2) is 0 Å². The first kappa shape index (κ1) is 13.3. The highest BCUT2D eigenvalue weighted by Crippen LogP contribution is 2.23. The molecule has 0 N–H and O–H groups in total. The van der Waals surface area contributed by atoms with Crippen molar-refractivity contribution in [2.24, 2.45) is 0 Å². The largest absolute Gasteiger partial charge is 0.469 e. The van der Waals surface area contributed by atoms with Crippen LogP contribution in [0.3, 0.4) is 0 Å². The third-order valence-corrected chi connectivity index (χ3v) is 3.33. The van der Waals surface area contributed by atoms with Crippen molar-refractivity contribution in [1.29, 1.82) is 0 Å². The lowest BCUT2D eigenvalue weighted by Crippen LogP contribution is -2.10. The summed E-state index contributed by atoms with van der Waals surface area (Å²) in [6.07, 6.45) is 0. The van der Waals surface area contributed by atoms with Crippen LogP contribution in [0.5, 0.6) is 0 Å². The molecule has 0 fully saturated rings. The average molecular weight is 256 g/mol. The zero-order valence-electron chi connectivity index (χ0n) is 11.3. The van der Waals surface area contributed by atoms with E-state index in [0.717, 1.165) is 16.3 Å². The van der Waals surface area contributed by atoms with Gasteiger partial charge in [-0.1, -0.05) is 30.3 Å². The van der Waals surface area contributed by atoms with Gasteiger partial charge in [-0.3, -0.25) is 9.59 Å². The number of ether oxygens (including phenoxy) is 1. The molecule has 1 unspecified atom stereocenters. The molecule has 0 saturated carbocycles. The molecule has 2 rings (SSSR count). The first-order valence-corrected chi connectivity index (χ1v) is 6.15. The van der Waals surface area contributed by atoms with Gasteiger partial charge in [0.1, 0.15) is 0 Å². The summed E-state index contributed by atoms with van der Waals surface area (Å²) >= 11 is 0. The summed E-state index contributed by atoms with van der Waals surface area (Å²) in [7, 11) is 1.39. The zero-order valence-corrected chi connectivity index (χ0v) is 11.3. The molecule has 1 atom stereocenters. The van der Waals surface area contributed by atoms with E-state index in [9.17, 15) is 9.59 Å². The molecule has 0 spiro atoms. The second-order valence-electron chi connectivity index (χ2n) is 4.62. The summed E-state index contributed by atoms with van der Waals surface area (Å²) in [5, 5.41) is 2.01. The SMILES string of the molecule is COC(=O)C(C)c1ccc2cc(C(C)=O)ccc2c1. The van der Waals surface area contributed by atoms with Gasteiger partial charge in [-0.2, -0.15) is 0 Å². The topological polar surface area (TPSA) is 43.4 Å².